The molecule has 1 unspecified atom stereocenters. The van der Waals surface area contributed by atoms with Crippen molar-refractivity contribution < 1.29 is 29.3 Å². The molecule has 168 valence electrons. The topological polar surface area (TPSA) is 125 Å². The molecule has 8 heteroatoms. The summed E-state index contributed by atoms with van der Waals surface area (Å²) in [6, 6.07) is 16.2. The number of nitrogens with one attached hydrogen (secondary N) is 2. The second-order valence-electron chi connectivity index (χ2n) is 8.61. The molecule has 0 radical (unpaired) electrons. The average Bonchev–Trinajstić information content (AvgIpc) is 3.50. The molecule has 2 aromatic carbocycles. The number of carbonyl (C=O) groups is 3. The van der Waals surface area contributed by atoms with Crippen LogP contribution in [0.25, 0.3) is 11.1 Å². The Hall–Kier alpha value is -3.39. The van der Waals surface area contributed by atoms with Gasteiger partial charge in [-0.1, -0.05) is 48.5 Å². The number of benzene rings is 2. The van der Waals surface area contributed by atoms with Gasteiger partial charge in [0.15, 0.2) is 5.60 Å². The number of ether oxygens (including phenoxy) is 1. The van der Waals surface area contributed by atoms with Crippen molar-refractivity contribution in [3.63, 3.8) is 0 Å². The standard InChI is InChI=1S/C24H26N2O6/c1-24(31,22(28)29)13-26-21(27)19-10-14(19)11-25-23(30)32-12-20-17-8-4-2-6-15(17)16-7-3-5-9-18(16)20/h2-9,14,19-20,31H,10-13H2,1H3,(H,25,30)(H,26,27)(H,28,29)/t14-,19-,24?/m1/s1. The zero-order valence-corrected chi connectivity index (χ0v) is 17.7. The Bertz CT molecular complexity index is 1000. The third-order valence-corrected chi connectivity index (χ3v) is 6.18. The highest BCUT2D eigenvalue weighted by Gasteiger charge is 2.44. The first-order chi connectivity index (χ1) is 15.3. The molecule has 2 aliphatic carbocycles. The van der Waals surface area contributed by atoms with E-state index < -0.39 is 17.7 Å². The number of carbonyl (C=O) groups excluding carboxylic acids is 2. The molecule has 0 aliphatic heterocycles. The van der Waals surface area contributed by atoms with E-state index in [9.17, 15) is 19.5 Å². The fraction of sp³-hybridized carbons (Fsp3) is 0.375. The summed E-state index contributed by atoms with van der Waals surface area (Å²) >= 11 is 0. The molecule has 4 N–H and O–H groups in total. The van der Waals surface area contributed by atoms with Crippen molar-refractivity contribution in [1.29, 1.82) is 0 Å². The van der Waals surface area contributed by atoms with Crippen LogP contribution in [0.15, 0.2) is 48.5 Å². The number of carboxylic acid groups (broad SMARTS) is 1. The molecule has 0 saturated heterocycles. The molecule has 1 saturated carbocycles. The molecule has 2 aromatic rings. The average molecular weight is 438 g/mol. The molecular weight excluding hydrogens is 412 g/mol. The fourth-order valence-electron chi connectivity index (χ4n) is 4.12. The minimum absolute atomic E-state index is 0.0189. The first kappa shape index (κ1) is 21.8. The molecule has 32 heavy (non-hydrogen) atoms. The van der Waals surface area contributed by atoms with Gasteiger partial charge in [0, 0.05) is 18.4 Å². The normalized spacial score (nSPS) is 20.4. The highest BCUT2D eigenvalue weighted by atomic mass is 16.5. The summed E-state index contributed by atoms with van der Waals surface area (Å²) in [6.45, 7) is 1.27. The van der Waals surface area contributed by atoms with Gasteiger partial charge >= 0.3 is 12.1 Å². The van der Waals surface area contributed by atoms with E-state index in [1.807, 2.05) is 24.3 Å². The first-order valence-electron chi connectivity index (χ1n) is 10.6. The molecule has 0 aromatic heterocycles. The van der Waals surface area contributed by atoms with Crippen molar-refractivity contribution in [2.75, 3.05) is 19.7 Å². The van der Waals surface area contributed by atoms with Crippen LogP contribution in [0.1, 0.15) is 30.4 Å². The van der Waals surface area contributed by atoms with Gasteiger partial charge in [-0.3, -0.25) is 4.79 Å². The minimum atomic E-state index is -2.01. The van der Waals surface area contributed by atoms with E-state index in [1.165, 1.54) is 0 Å². The third kappa shape index (κ3) is 4.45. The third-order valence-electron chi connectivity index (χ3n) is 6.18. The molecule has 2 aliphatic rings. The van der Waals surface area contributed by atoms with Crippen molar-refractivity contribution in [2.24, 2.45) is 11.8 Å². The maximum Gasteiger partial charge on any atom is 0.407 e. The lowest BCUT2D eigenvalue weighted by molar-refractivity contribution is -0.156. The van der Waals surface area contributed by atoms with Gasteiger partial charge in [-0.25, -0.2) is 9.59 Å². The highest BCUT2D eigenvalue weighted by Crippen LogP contribution is 2.44. The first-order valence-corrected chi connectivity index (χ1v) is 10.6. The monoisotopic (exact) mass is 438 g/mol. The summed E-state index contributed by atoms with van der Waals surface area (Å²) < 4.78 is 5.48. The van der Waals surface area contributed by atoms with E-state index in [0.717, 1.165) is 29.2 Å². The van der Waals surface area contributed by atoms with Gasteiger partial charge in [0.2, 0.25) is 5.91 Å². The zero-order valence-electron chi connectivity index (χ0n) is 17.7. The minimum Gasteiger partial charge on any atom is -0.479 e. The number of aliphatic hydroxyl groups is 1. The van der Waals surface area contributed by atoms with Crippen LogP contribution in [0.3, 0.4) is 0 Å². The highest BCUT2D eigenvalue weighted by molar-refractivity contribution is 5.83. The Kier molecular flexibility index (Phi) is 5.88. The van der Waals surface area contributed by atoms with Crippen LogP contribution in [0.2, 0.25) is 0 Å². The summed E-state index contributed by atoms with van der Waals surface area (Å²) in [7, 11) is 0. The van der Waals surface area contributed by atoms with Crippen molar-refractivity contribution in [2.45, 2.75) is 24.9 Å². The summed E-state index contributed by atoms with van der Waals surface area (Å²) in [5, 5.41) is 23.7. The number of hydrogen-bond acceptors (Lipinski definition) is 5. The number of rotatable bonds is 8. The number of aliphatic carboxylic acids is 1. The van der Waals surface area contributed by atoms with Gasteiger partial charge in [-0.05, 0) is 41.5 Å². The second kappa shape index (κ2) is 8.63. The van der Waals surface area contributed by atoms with Crippen molar-refractivity contribution in [3.05, 3.63) is 59.7 Å². The number of carboxylic acids is 1. The molecular formula is C24H26N2O6. The van der Waals surface area contributed by atoms with Gasteiger partial charge in [-0.15, -0.1) is 0 Å². The number of hydrogen-bond donors (Lipinski definition) is 4. The van der Waals surface area contributed by atoms with E-state index in [4.69, 9.17) is 9.84 Å². The molecule has 3 atom stereocenters. The summed E-state index contributed by atoms with van der Waals surface area (Å²) in [5.74, 6) is -2.10. The quantitative estimate of drug-likeness (QED) is 0.500. The van der Waals surface area contributed by atoms with Crippen LogP contribution in [0.5, 0.6) is 0 Å². The summed E-state index contributed by atoms with van der Waals surface area (Å²) in [4.78, 5) is 35.2. The number of alkyl carbamates (subject to hydrolysis) is 1. The molecule has 0 heterocycles. The predicted molar refractivity (Wildman–Crippen MR) is 116 cm³/mol. The van der Waals surface area contributed by atoms with E-state index in [-0.39, 0.29) is 36.8 Å². The lowest BCUT2D eigenvalue weighted by atomic mass is 9.98. The predicted octanol–water partition coefficient (Wildman–Crippen LogP) is 2.11. The zero-order chi connectivity index (χ0) is 22.9. The maximum absolute atomic E-state index is 12.2. The Morgan fingerprint density at radius 1 is 1.03 bits per heavy atom. The second-order valence-corrected chi connectivity index (χ2v) is 8.61. The molecule has 4 rings (SSSR count). The van der Waals surface area contributed by atoms with Crippen LogP contribution < -0.4 is 10.6 Å². The van der Waals surface area contributed by atoms with E-state index in [1.54, 1.807) is 0 Å². The molecule has 0 spiro atoms. The Morgan fingerprint density at radius 2 is 1.62 bits per heavy atom. The number of amides is 2. The molecule has 0 bridgehead atoms. The van der Waals surface area contributed by atoms with Crippen molar-refractivity contribution >= 4 is 18.0 Å². The van der Waals surface area contributed by atoms with Crippen molar-refractivity contribution in [3.8, 4) is 11.1 Å². The maximum atomic E-state index is 12.2. The largest absolute Gasteiger partial charge is 0.479 e. The van der Waals surface area contributed by atoms with Crippen LogP contribution in [0.4, 0.5) is 4.79 Å². The van der Waals surface area contributed by atoms with Crippen LogP contribution in [-0.2, 0) is 14.3 Å². The van der Waals surface area contributed by atoms with E-state index >= 15 is 0 Å². The number of fused-ring (bicyclic) bond motifs is 3. The lowest BCUT2D eigenvalue weighted by Gasteiger charge is -2.18. The Balaban J connectivity index is 1.23. The lowest BCUT2D eigenvalue weighted by Crippen LogP contribution is -2.47. The molecule has 1 fully saturated rings. The van der Waals surface area contributed by atoms with Gasteiger partial charge < -0.3 is 25.6 Å². The van der Waals surface area contributed by atoms with Crippen molar-refractivity contribution in [1.82, 2.24) is 10.6 Å². The summed E-state index contributed by atoms with van der Waals surface area (Å²) in [6.07, 6.45) is 0.0526. The Morgan fingerprint density at radius 3 is 2.22 bits per heavy atom. The van der Waals surface area contributed by atoms with Gasteiger partial charge in [0.25, 0.3) is 0 Å². The van der Waals surface area contributed by atoms with Crippen LogP contribution in [0, 0.1) is 11.8 Å². The fourth-order valence-corrected chi connectivity index (χ4v) is 4.12. The van der Waals surface area contributed by atoms with Gasteiger partial charge in [0.05, 0.1) is 6.54 Å². The smallest absolute Gasteiger partial charge is 0.407 e. The van der Waals surface area contributed by atoms with E-state index in [0.29, 0.717) is 13.0 Å². The summed E-state index contributed by atoms with van der Waals surface area (Å²) in [5.41, 5.74) is 2.58. The van der Waals surface area contributed by atoms with Gasteiger partial charge in [0.1, 0.15) is 6.61 Å². The SMILES string of the molecule is CC(O)(CNC(=O)[C@@H]1C[C@@H]1CNC(=O)OCC1c2ccccc2-c2ccccc21)C(=O)O. The Labute approximate surface area is 185 Å². The van der Waals surface area contributed by atoms with Crippen LogP contribution >= 0.6 is 0 Å². The van der Waals surface area contributed by atoms with Crippen LogP contribution in [-0.4, -0.2) is 53.5 Å². The van der Waals surface area contributed by atoms with Gasteiger partial charge in [-0.2, -0.15) is 0 Å². The van der Waals surface area contributed by atoms with E-state index in [2.05, 4.69) is 34.9 Å². The molecule has 8 nitrogen and oxygen atoms in total. The molecule has 2 amide bonds.